The van der Waals surface area contributed by atoms with Gasteiger partial charge in [0.2, 0.25) is 5.89 Å². The van der Waals surface area contributed by atoms with Gasteiger partial charge in [-0.3, -0.25) is 4.68 Å². The number of aromatic nitrogens is 3. The third kappa shape index (κ3) is 2.39. The zero-order chi connectivity index (χ0) is 14.3. The van der Waals surface area contributed by atoms with Crippen LogP contribution in [-0.4, -0.2) is 14.8 Å². The molecule has 0 fully saturated rings. The van der Waals surface area contributed by atoms with Crippen LogP contribution in [0.3, 0.4) is 0 Å². The lowest BCUT2D eigenvalue weighted by molar-refractivity contribution is 0.491. The molecule has 3 rings (SSSR count). The largest absolute Gasteiger partial charge is 0.439 e. The van der Waals surface area contributed by atoms with Crippen LogP contribution in [0.25, 0.3) is 11.1 Å². The summed E-state index contributed by atoms with van der Waals surface area (Å²) in [6, 6.07) is 6.15. The van der Waals surface area contributed by atoms with Gasteiger partial charge in [-0.05, 0) is 23.1 Å². The van der Waals surface area contributed by atoms with Gasteiger partial charge in [0.1, 0.15) is 12.1 Å². The quantitative estimate of drug-likeness (QED) is 0.777. The molecule has 2 heterocycles. The summed E-state index contributed by atoms with van der Waals surface area (Å²) in [6.07, 6.45) is 3.37. The lowest BCUT2D eigenvalue weighted by Crippen LogP contribution is -2.10. The van der Waals surface area contributed by atoms with Crippen LogP contribution in [0.4, 0.5) is 5.69 Å². The molecule has 1 aromatic carbocycles. The van der Waals surface area contributed by atoms with Gasteiger partial charge < -0.3 is 10.2 Å². The molecule has 2 N–H and O–H groups in total. The number of rotatable bonds is 2. The van der Waals surface area contributed by atoms with Gasteiger partial charge in [-0.1, -0.05) is 26.8 Å². The molecule has 0 radical (unpaired) electrons. The number of hydrogen-bond donors (Lipinski definition) is 1. The van der Waals surface area contributed by atoms with E-state index in [9.17, 15) is 0 Å². The van der Waals surface area contributed by atoms with Crippen molar-refractivity contribution in [3.05, 3.63) is 42.0 Å². The van der Waals surface area contributed by atoms with Crippen LogP contribution < -0.4 is 5.73 Å². The maximum Gasteiger partial charge on any atom is 0.217 e. The SMILES string of the molecule is CC(C)(C)c1ccc2oc(Cn3cc(N)cn3)nc2c1. The van der Waals surface area contributed by atoms with Crippen molar-refractivity contribution in [2.75, 3.05) is 5.73 Å². The smallest absolute Gasteiger partial charge is 0.217 e. The molecule has 0 bridgehead atoms. The Hall–Kier alpha value is -2.30. The molecule has 0 saturated carbocycles. The second-order valence-electron chi connectivity index (χ2n) is 6.01. The van der Waals surface area contributed by atoms with Crippen LogP contribution in [0.15, 0.2) is 35.0 Å². The van der Waals surface area contributed by atoms with Crippen molar-refractivity contribution >= 4 is 16.8 Å². The van der Waals surface area contributed by atoms with E-state index in [1.807, 2.05) is 6.07 Å². The molecule has 0 saturated heterocycles. The first kappa shape index (κ1) is 12.7. The zero-order valence-electron chi connectivity index (χ0n) is 11.9. The first-order valence-corrected chi connectivity index (χ1v) is 6.60. The minimum atomic E-state index is 0.101. The molecule has 0 unspecified atom stereocenters. The van der Waals surface area contributed by atoms with E-state index in [1.54, 1.807) is 17.1 Å². The van der Waals surface area contributed by atoms with E-state index >= 15 is 0 Å². The summed E-state index contributed by atoms with van der Waals surface area (Å²) in [7, 11) is 0. The van der Waals surface area contributed by atoms with E-state index in [1.165, 1.54) is 5.56 Å². The molecular formula is C15H18N4O. The van der Waals surface area contributed by atoms with Crippen molar-refractivity contribution < 1.29 is 4.42 Å². The van der Waals surface area contributed by atoms with E-state index in [4.69, 9.17) is 10.2 Å². The molecule has 0 aliphatic heterocycles. The summed E-state index contributed by atoms with van der Waals surface area (Å²) >= 11 is 0. The van der Waals surface area contributed by atoms with E-state index < -0.39 is 0 Å². The monoisotopic (exact) mass is 270 g/mol. The maximum absolute atomic E-state index is 5.74. The van der Waals surface area contributed by atoms with Gasteiger partial charge in [-0.15, -0.1) is 0 Å². The van der Waals surface area contributed by atoms with Crippen LogP contribution in [-0.2, 0) is 12.0 Å². The first-order valence-electron chi connectivity index (χ1n) is 6.60. The fourth-order valence-electron chi connectivity index (χ4n) is 2.11. The third-order valence-corrected chi connectivity index (χ3v) is 3.25. The first-order chi connectivity index (χ1) is 9.41. The highest BCUT2D eigenvalue weighted by Crippen LogP contribution is 2.26. The van der Waals surface area contributed by atoms with E-state index in [0.29, 0.717) is 18.1 Å². The summed E-state index contributed by atoms with van der Waals surface area (Å²) < 4.78 is 7.45. The van der Waals surface area contributed by atoms with Crippen LogP contribution in [0, 0.1) is 0 Å². The van der Waals surface area contributed by atoms with Crippen molar-refractivity contribution in [1.29, 1.82) is 0 Å². The normalized spacial score (nSPS) is 12.2. The summed E-state index contributed by atoms with van der Waals surface area (Å²) in [5.74, 6) is 0.633. The molecule has 0 aliphatic carbocycles. The Balaban J connectivity index is 1.94. The minimum Gasteiger partial charge on any atom is -0.439 e. The number of benzene rings is 1. The highest BCUT2D eigenvalue weighted by molar-refractivity contribution is 5.73. The maximum atomic E-state index is 5.74. The Morgan fingerprint density at radius 1 is 1.30 bits per heavy atom. The Bertz CT molecular complexity index is 749. The van der Waals surface area contributed by atoms with Gasteiger partial charge in [-0.2, -0.15) is 5.10 Å². The van der Waals surface area contributed by atoms with Crippen LogP contribution in [0.1, 0.15) is 32.2 Å². The Labute approximate surface area is 117 Å². The van der Waals surface area contributed by atoms with Crippen molar-refractivity contribution in [1.82, 2.24) is 14.8 Å². The number of nitrogen functional groups attached to an aromatic ring is 1. The van der Waals surface area contributed by atoms with Gasteiger partial charge in [0.05, 0.1) is 11.9 Å². The number of hydrogen-bond acceptors (Lipinski definition) is 4. The number of oxazole rings is 1. The van der Waals surface area contributed by atoms with E-state index in [2.05, 4.69) is 43.0 Å². The molecule has 0 aliphatic rings. The molecule has 5 nitrogen and oxygen atoms in total. The molecule has 0 spiro atoms. The fraction of sp³-hybridized carbons (Fsp3) is 0.333. The van der Waals surface area contributed by atoms with E-state index in [-0.39, 0.29) is 5.41 Å². The Morgan fingerprint density at radius 3 is 2.75 bits per heavy atom. The molecule has 20 heavy (non-hydrogen) atoms. The lowest BCUT2D eigenvalue weighted by Gasteiger charge is -2.18. The lowest BCUT2D eigenvalue weighted by atomic mass is 9.87. The molecule has 5 heteroatoms. The van der Waals surface area contributed by atoms with Gasteiger partial charge in [0.25, 0.3) is 0 Å². The predicted octanol–water partition coefficient (Wildman–Crippen LogP) is 2.95. The predicted molar refractivity (Wildman–Crippen MR) is 78.5 cm³/mol. The molecular weight excluding hydrogens is 252 g/mol. The topological polar surface area (TPSA) is 69.9 Å². The highest BCUT2D eigenvalue weighted by Gasteiger charge is 2.15. The summed E-state index contributed by atoms with van der Waals surface area (Å²) in [5, 5.41) is 4.13. The number of nitrogens with zero attached hydrogens (tertiary/aromatic N) is 3. The molecule has 2 aromatic heterocycles. The molecule has 0 amide bonds. The van der Waals surface area contributed by atoms with Crippen molar-refractivity contribution in [2.45, 2.75) is 32.7 Å². The Kier molecular flexibility index (Phi) is 2.78. The van der Waals surface area contributed by atoms with Crippen LogP contribution in [0.2, 0.25) is 0 Å². The van der Waals surface area contributed by atoms with Crippen LogP contribution in [0.5, 0.6) is 0 Å². The molecule has 0 atom stereocenters. The second kappa shape index (κ2) is 4.37. The van der Waals surface area contributed by atoms with Crippen molar-refractivity contribution in [3.8, 4) is 0 Å². The van der Waals surface area contributed by atoms with Crippen molar-refractivity contribution in [2.24, 2.45) is 0 Å². The van der Waals surface area contributed by atoms with Gasteiger partial charge in [0.15, 0.2) is 5.58 Å². The highest BCUT2D eigenvalue weighted by atomic mass is 16.3. The van der Waals surface area contributed by atoms with Crippen LogP contribution >= 0.6 is 0 Å². The van der Waals surface area contributed by atoms with E-state index in [0.717, 1.165) is 11.1 Å². The zero-order valence-corrected chi connectivity index (χ0v) is 11.9. The molecule has 3 aromatic rings. The standard InChI is InChI=1S/C15H18N4O/c1-15(2,3)10-4-5-13-12(6-10)18-14(20-13)9-19-8-11(16)7-17-19/h4-8H,9,16H2,1-3H3. The summed E-state index contributed by atoms with van der Waals surface area (Å²) in [4.78, 5) is 4.52. The number of anilines is 1. The third-order valence-electron chi connectivity index (χ3n) is 3.25. The number of fused-ring (bicyclic) bond motifs is 1. The van der Waals surface area contributed by atoms with Gasteiger partial charge >= 0.3 is 0 Å². The fourth-order valence-corrected chi connectivity index (χ4v) is 2.11. The van der Waals surface area contributed by atoms with Crippen molar-refractivity contribution in [3.63, 3.8) is 0 Å². The second-order valence-corrected chi connectivity index (χ2v) is 6.01. The summed E-state index contributed by atoms with van der Waals surface area (Å²) in [5.41, 5.74) is 9.30. The Morgan fingerprint density at radius 2 is 2.10 bits per heavy atom. The summed E-state index contributed by atoms with van der Waals surface area (Å²) in [6.45, 7) is 7.03. The average Bonchev–Trinajstić information content (AvgIpc) is 2.93. The minimum absolute atomic E-state index is 0.101. The average molecular weight is 270 g/mol. The number of nitrogens with two attached hydrogens (primary N) is 1. The van der Waals surface area contributed by atoms with Gasteiger partial charge in [0, 0.05) is 6.20 Å². The molecule has 104 valence electrons. The van der Waals surface area contributed by atoms with Gasteiger partial charge in [-0.25, -0.2) is 4.98 Å².